The smallest absolute Gasteiger partial charge is 0.337 e. The van der Waals surface area contributed by atoms with Gasteiger partial charge in [0.1, 0.15) is 11.3 Å². The maximum absolute atomic E-state index is 12.1. The molecule has 0 aliphatic rings. The van der Waals surface area contributed by atoms with E-state index < -0.39 is 5.97 Å². The van der Waals surface area contributed by atoms with Crippen molar-refractivity contribution in [3.8, 4) is 0 Å². The fraction of sp³-hybridized carbons (Fsp3) is 0.158. The first-order valence-electron chi connectivity index (χ1n) is 7.81. The lowest BCUT2D eigenvalue weighted by Gasteiger charge is -2.12. The number of amides is 2. The molecular formula is C19H18N2O4. The lowest BCUT2D eigenvalue weighted by Crippen LogP contribution is -2.30. The van der Waals surface area contributed by atoms with E-state index in [0.717, 1.165) is 11.0 Å². The molecule has 0 saturated carbocycles. The number of benzene rings is 2. The number of hydrogen-bond donors (Lipinski definition) is 2. The van der Waals surface area contributed by atoms with E-state index in [9.17, 15) is 9.59 Å². The summed E-state index contributed by atoms with van der Waals surface area (Å²) in [6.45, 7) is 1.84. The summed E-state index contributed by atoms with van der Waals surface area (Å²) in [6.07, 6.45) is 0. The number of carbonyl (C=O) groups excluding carboxylic acids is 2. The molecule has 0 spiro atoms. The second-order valence-corrected chi connectivity index (χ2v) is 5.58. The number of nitrogens with one attached hydrogen (secondary N) is 2. The van der Waals surface area contributed by atoms with Crippen molar-refractivity contribution in [2.45, 2.75) is 13.0 Å². The van der Waals surface area contributed by atoms with Gasteiger partial charge in [0.2, 0.25) is 0 Å². The minimum absolute atomic E-state index is 0.290. The molecule has 0 aliphatic carbocycles. The van der Waals surface area contributed by atoms with Gasteiger partial charge in [0.05, 0.1) is 18.7 Å². The number of ether oxygens (including phenoxy) is 1. The third-order valence-corrected chi connectivity index (χ3v) is 3.78. The molecule has 2 N–H and O–H groups in total. The van der Waals surface area contributed by atoms with Crippen LogP contribution in [0.5, 0.6) is 0 Å². The first-order valence-corrected chi connectivity index (χ1v) is 7.81. The molecule has 1 heterocycles. The van der Waals surface area contributed by atoms with Gasteiger partial charge >= 0.3 is 12.0 Å². The fourth-order valence-electron chi connectivity index (χ4n) is 2.46. The summed E-state index contributed by atoms with van der Waals surface area (Å²) in [5.74, 6) is 0.256. The van der Waals surface area contributed by atoms with Gasteiger partial charge in [0, 0.05) is 11.1 Å². The molecule has 128 valence electrons. The SMILES string of the molecule is COC(=O)c1ccc(NC(=O)N[C@@H](C)c2cc3ccccc3o2)cc1. The highest BCUT2D eigenvalue weighted by atomic mass is 16.5. The Labute approximate surface area is 144 Å². The molecule has 25 heavy (non-hydrogen) atoms. The number of anilines is 1. The lowest BCUT2D eigenvalue weighted by atomic mass is 10.2. The molecule has 2 aromatic carbocycles. The van der Waals surface area contributed by atoms with E-state index in [0.29, 0.717) is 17.0 Å². The summed E-state index contributed by atoms with van der Waals surface area (Å²) < 4.78 is 10.4. The molecule has 2 amide bonds. The number of urea groups is 1. The van der Waals surface area contributed by atoms with E-state index in [4.69, 9.17) is 4.42 Å². The number of fused-ring (bicyclic) bond motifs is 1. The van der Waals surface area contributed by atoms with Gasteiger partial charge in [-0.3, -0.25) is 0 Å². The van der Waals surface area contributed by atoms with E-state index in [-0.39, 0.29) is 12.1 Å². The van der Waals surface area contributed by atoms with Gasteiger partial charge in [-0.1, -0.05) is 18.2 Å². The minimum Gasteiger partial charge on any atom is -0.465 e. The van der Waals surface area contributed by atoms with Crippen LogP contribution in [0.15, 0.2) is 59.0 Å². The second kappa shape index (κ2) is 7.09. The fourth-order valence-corrected chi connectivity index (χ4v) is 2.46. The number of rotatable bonds is 4. The van der Waals surface area contributed by atoms with E-state index in [2.05, 4.69) is 15.4 Å². The van der Waals surface area contributed by atoms with Crippen molar-refractivity contribution in [2.75, 3.05) is 12.4 Å². The predicted molar refractivity (Wildman–Crippen MR) is 94.6 cm³/mol. The zero-order valence-electron chi connectivity index (χ0n) is 13.9. The zero-order chi connectivity index (χ0) is 17.8. The van der Waals surface area contributed by atoms with Crippen molar-refractivity contribution in [1.82, 2.24) is 5.32 Å². The number of para-hydroxylation sites is 1. The molecule has 3 aromatic rings. The number of hydrogen-bond acceptors (Lipinski definition) is 4. The summed E-state index contributed by atoms with van der Waals surface area (Å²) in [7, 11) is 1.32. The Morgan fingerprint density at radius 2 is 1.80 bits per heavy atom. The molecular weight excluding hydrogens is 320 g/mol. The minimum atomic E-state index is -0.422. The second-order valence-electron chi connectivity index (χ2n) is 5.58. The monoisotopic (exact) mass is 338 g/mol. The highest BCUT2D eigenvalue weighted by Crippen LogP contribution is 2.23. The largest absolute Gasteiger partial charge is 0.465 e. The molecule has 0 aliphatic heterocycles. The Morgan fingerprint density at radius 3 is 2.48 bits per heavy atom. The van der Waals surface area contributed by atoms with Crippen LogP contribution in [0.4, 0.5) is 10.5 Å². The van der Waals surface area contributed by atoms with Gasteiger partial charge in [-0.05, 0) is 43.3 Å². The average molecular weight is 338 g/mol. The number of furan rings is 1. The van der Waals surface area contributed by atoms with E-state index in [1.807, 2.05) is 37.3 Å². The summed E-state index contributed by atoms with van der Waals surface area (Å²) >= 11 is 0. The van der Waals surface area contributed by atoms with Crippen LogP contribution in [0.3, 0.4) is 0 Å². The van der Waals surface area contributed by atoms with Crippen molar-refractivity contribution in [1.29, 1.82) is 0 Å². The number of methoxy groups -OCH3 is 1. The standard InChI is InChI=1S/C19H18N2O4/c1-12(17-11-14-5-3-4-6-16(14)25-17)20-19(23)21-15-9-7-13(8-10-15)18(22)24-2/h3-12H,1-2H3,(H2,20,21,23)/t12-/m0/s1. The summed E-state index contributed by atoms with van der Waals surface area (Å²) in [4.78, 5) is 23.5. The number of esters is 1. The highest BCUT2D eigenvalue weighted by molar-refractivity contribution is 5.92. The normalized spacial score (nSPS) is 11.8. The van der Waals surface area contributed by atoms with Crippen LogP contribution in [0.2, 0.25) is 0 Å². The van der Waals surface area contributed by atoms with E-state index in [1.165, 1.54) is 7.11 Å². The molecule has 1 atom stereocenters. The van der Waals surface area contributed by atoms with E-state index in [1.54, 1.807) is 24.3 Å². The summed E-state index contributed by atoms with van der Waals surface area (Å²) in [5.41, 5.74) is 1.77. The van der Waals surface area contributed by atoms with Gasteiger partial charge in [-0.15, -0.1) is 0 Å². The van der Waals surface area contributed by atoms with Crippen LogP contribution in [0, 0.1) is 0 Å². The molecule has 3 rings (SSSR count). The van der Waals surface area contributed by atoms with Crippen LogP contribution < -0.4 is 10.6 Å². The maximum atomic E-state index is 12.1. The lowest BCUT2D eigenvalue weighted by molar-refractivity contribution is 0.0600. The number of carbonyl (C=O) groups is 2. The van der Waals surface area contributed by atoms with Crippen LogP contribution in [0.1, 0.15) is 29.1 Å². The van der Waals surface area contributed by atoms with Gasteiger partial charge in [-0.2, -0.15) is 0 Å². The van der Waals surface area contributed by atoms with Crippen LogP contribution in [-0.4, -0.2) is 19.1 Å². The first kappa shape index (κ1) is 16.6. The highest BCUT2D eigenvalue weighted by Gasteiger charge is 2.14. The third-order valence-electron chi connectivity index (χ3n) is 3.78. The predicted octanol–water partition coefficient (Wildman–Crippen LogP) is 4.10. The van der Waals surface area contributed by atoms with Crippen molar-refractivity contribution in [3.05, 3.63) is 65.9 Å². The van der Waals surface area contributed by atoms with Gasteiger partial charge in [0.25, 0.3) is 0 Å². The van der Waals surface area contributed by atoms with Gasteiger partial charge in [-0.25, -0.2) is 9.59 Å². The molecule has 1 aromatic heterocycles. The van der Waals surface area contributed by atoms with E-state index >= 15 is 0 Å². The Hall–Kier alpha value is -3.28. The van der Waals surface area contributed by atoms with Crippen LogP contribution in [0.25, 0.3) is 11.0 Å². The van der Waals surface area contributed by atoms with Crippen molar-refractivity contribution in [3.63, 3.8) is 0 Å². The van der Waals surface area contributed by atoms with Gasteiger partial charge < -0.3 is 19.8 Å². The third kappa shape index (κ3) is 3.80. The average Bonchev–Trinajstić information content (AvgIpc) is 3.06. The molecule has 0 radical (unpaired) electrons. The molecule has 6 heteroatoms. The Kier molecular flexibility index (Phi) is 4.70. The van der Waals surface area contributed by atoms with Gasteiger partial charge in [0.15, 0.2) is 0 Å². The Balaban J connectivity index is 1.62. The zero-order valence-corrected chi connectivity index (χ0v) is 13.9. The molecule has 6 nitrogen and oxygen atoms in total. The molecule has 0 fully saturated rings. The summed E-state index contributed by atoms with van der Waals surface area (Å²) in [6, 6.07) is 15.4. The van der Waals surface area contributed by atoms with Crippen molar-refractivity contribution < 1.29 is 18.7 Å². The summed E-state index contributed by atoms with van der Waals surface area (Å²) in [5, 5.41) is 6.53. The van der Waals surface area contributed by atoms with Crippen molar-refractivity contribution >= 4 is 28.7 Å². The molecule has 0 unspecified atom stereocenters. The molecule has 0 saturated heterocycles. The topological polar surface area (TPSA) is 80.6 Å². The first-order chi connectivity index (χ1) is 12.1. The Morgan fingerprint density at radius 1 is 1.08 bits per heavy atom. The van der Waals surface area contributed by atoms with Crippen LogP contribution in [-0.2, 0) is 4.74 Å². The quantitative estimate of drug-likeness (QED) is 0.702. The van der Waals surface area contributed by atoms with Crippen LogP contribution >= 0.6 is 0 Å². The maximum Gasteiger partial charge on any atom is 0.337 e. The Bertz CT molecular complexity index is 866. The van der Waals surface area contributed by atoms with Crippen molar-refractivity contribution in [2.24, 2.45) is 0 Å². The molecule has 0 bridgehead atoms.